The first-order chi connectivity index (χ1) is 6.75. The first-order valence-electron chi connectivity index (χ1n) is 5.29. The molecule has 0 atom stereocenters. The van der Waals surface area contributed by atoms with Gasteiger partial charge in [-0.3, -0.25) is 4.79 Å². The normalized spacial score (nSPS) is 24.8. The van der Waals surface area contributed by atoms with Crippen LogP contribution in [0.1, 0.15) is 19.3 Å². The minimum atomic E-state index is -0.203. The minimum absolute atomic E-state index is 0.203. The van der Waals surface area contributed by atoms with Gasteiger partial charge in [0.2, 0.25) is 5.91 Å². The molecule has 0 bridgehead atoms. The number of amides is 1. The Balaban J connectivity index is 1.74. The van der Waals surface area contributed by atoms with Crippen molar-refractivity contribution in [3.63, 3.8) is 0 Å². The largest absolute Gasteiger partial charge is 0.393 e. The van der Waals surface area contributed by atoms with Gasteiger partial charge in [0.15, 0.2) is 0 Å². The van der Waals surface area contributed by atoms with E-state index in [4.69, 9.17) is 4.74 Å². The van der Waals surface area contributed by atoms with Gasteiger partial charge in [0, 0.05) is 25.4 Å². The molecule has 2 fully saturated rings. The Labute approximate surface area is 83.8 Å². The maximum atomic E-state index is 11.7. The quantitative estimate of drug-likeness (QED) is 0.681. The van der Waals surface area contributed by atoms with E-state index in [1.807, 2.05) is 4.90 Å². The molecular formula is C10H17NO3. The molecule has 4 heteroatoms. The van der Waals surface area contributed by atoms with Crippen LogP contribution in [0.25, 0.3) is 0 Å². The molecule has 1 N–H and O–H groups in total. The second-order valence-corrected chi connectivity index (χ2v) is 4.22. The smallest absolute Gasteiger partial charge is 0.223 e. The lowest BCUT2D eigenvalue weighted by Gasteiger charge is -2.32. The van der Waals surface area contributed by atoms with E-state index in [-0.39, 0.29) is 12.0 Å². The summed E-state index contributed by atoms with van der Waals surface area (Å²) in [5.41, 5.74) is 0. The number of likely N-dealkylation sites (tertiary alicyclic amines) is 1. The summed E-state index contributed by atoms with van der Waals surface area (Å²) in [7, 11) is 0. The molecule has 0 aromatic heterocycles. The number of piperidine rings is 1. The van der Waals surface area contributed by atoms with Gasteiger partial charge in [-0.05, 0) is 12.8 Å². The molecule has 14 heavy (non-hydrogen) atoms. The molecule has 2 aliphatic rings. The fourth-order valence-electron chi connectivity index (χ4n) is 1.89. The van der Waals surface area contributed by atoms with Crippen LogP contribution in [0.15, 0.2) is 0 Å². The second kappa shape index (κ2) is 4.28. The molecule has 1 amide bonds. The number of hydrogen-bond acceptors (Lipinski definition) is 3. The van der Waals surface area contributed by atoms with E-state index in [1.165, 1.54) is 0 Å². The molecule has 0 radical (unpaired) electrons. The van der Waals surface area contributed by atoms with Crippen molar-refractivity contribution >= 4 is 5.91 Å². The van der Waals surface area contributed by atoms with Crippen molar-refractivity contribution in [1.29, 1.82) is 0 Å². The molecule has 2 aliphatic heterocycles. The lowest BCUT2D eigenvalue weighted by molar-refractivity contribution is -0.138. The molecule has 80 valence electrons. The zero-order chi connectivity index (χ0) is 9.97. The third kappa shape index (κ3) is 2.25. The highest BCUT2D eigenvalue weighted by Crippen LogP contribution is 2.18. The molecule has 0 aromatic carbocycles. The van der Waals surface area contributed by atoms with Crippen molar-refractivity contribution in [2.24, 2.45) is 5.92 Å². The predicted molar refractivity (Wildman–Crippen MR) is 50.7 cm³/mol. The molecule has 0 saturated carbocycles. The van der Waals surface area contributed by atoms with Gasteiger partial charge in [-0.1, -0.05) is 0 Å². The Hall–Kier alpha value is -0.610. The Kier molecular flexibility index (Phi) is 3.03. The van der Waals surface area contributed by atoms with Crippen LogP contribution in [0.4, 0.5) is 0 Å². The van der Waals surface area contributed by atoms with Crippen molar-refractivity contribution < 1.29 is 14.6 Å². The minimum Gasteiger partial charge on any atom is -0.393 e. The van der Waals surface area contributed by atoms with Crippen LogP contribution in [-0.4, -0.2) is 48.3 Å². The maximum Gasteiger partial charge on any atom is 0.223 e. The van der Waals surface area contributed by atoms with E-state index in [9.17, 15) is 9.90 Å². The molecule has 0 aromatic rings. The van der Waals surface area contributed by atoms with Gasteiger partial charge in [0.05, 0.1) is 19.3 Å². The summed E-state index contributed by atoms with van der Waals surface area (Å²) >= 11 is 0. The molecule has 2 rings (SSSR count). The van der Waals surface area contributed by atoms with Crippen LogP contribution < -0.4 is 0 Å². The maximum absolute atomic E-state index is 11.7. The Morgan fingerprint density at radius 2 is 2.00 bits per heavy atom. The van der Waals surface area contributed by atoms with Crippen molar-refractivity contribution in [3.8, 4) is 0 Å². The third-order valence-corrected chi connectivity index (χ3v) is 2.99. The number of carbonyl (C=O) groups is 1. The summed E-state index contributed by atoms with van der Waals surface area (Å²) in [5, 5.41) is 9.29. The lowest BCUT2D eigenvalue weighted by atomic mass is 10.0. The Morgan fingerprint density at radius 3 is 2.50 bits per heavy atom. The predicted octanol–water partition coefficient (Wildman–Crippen LogP) is 0.00620. The molecule has 2 saturated heterocycles. The number of nitrogens with zero attached hydrogens (tertiary/aromatic N) is 1. The highest BCUT2D eigenvalue weighted by atomic mass is 16.5. The molecule has 2 heterocycles. The van der Waals surface area contributed by atoms with Crippen LogP contribution >= 0.6 is 0 Å². The Morgan fingerprint density at radius 1 is 1.36 bits per heavy atom. The molecule has 0 unspecified atom stereocenters. The number of carbonyl (C=O) groups excluding carboxylic acids is 1. The van der Waals surface area contributed by atoms with E-state index < -0.39 is 0 Å². The average molecular weight is 199 g/mol. The van der Waals surface area contributed by atoms with E-state index in [2.05, 4.69) is 0 Å². The number of aliphatic hydroxyl groups is 1. The van der Waals surface area contributed by atoms with Crippen LogP contribution in [0.5, 0.6) is 0 Å². The first-order valence-corrected chi connectivity index (χ1v) is 5.29. The summed E-state index contributed by atoms with van der Waals surface area (Å²) in [4.78, 5) is 13.6. The zero-order valence-electron chi connectivity index (χ0n) is 8.32. The van der Waals surface area contributed by atoms with Crippen molar-refractivity contribution in [1.82, 2.24) is 4.90 Å². The fourth-order valence-corrected chi connectivity index (χ4v) is 1.89. The molecule has 0 spiro atoms. The SMILES string of the molecule is O=C(CC1COC1)N1CCC(O)CC1. The second-order valence-electron chi connectivity index (χ2n) is 4.22. The third-order valence-electron chi connectivity index (χ3n) is 2.99. The van der Waals surface area contributed by atoms with E-state index in [1.54, 1.807) is 0 Å². The standard InChI is InChI=1S/C10H17NO3/c12-9-1-3-11(4-2-9)10(13)5-8-6-14-7-8/h8-9,12H,1-7H2. The van der Waals surface area contributed by atoms with Crippen LogP contribution in [0.2, 0.25) is 0 Å². The number of aliphatic hydroxyl groups excluding tert-OH is 1. The zero-order valence-corrected chi connectivity index (χ0v) is 8.32. The van der Waals surface area contributed by atoms with Crippen LogP contribution in [0.3, 0.4) is 0 Å². The summed E-state index contributed by atoms with van der Waals surface area (Å²) in [6.07, 6.45) is 1.88. The number of rotatable bonds is 2. The molecular weight excluding hydrogens is 182 g/mol. The highest BCUT2D eigenvalue weighted by Gasteiger charge is 2.26. The van der Waals surface area contributed by atoms with Crippen molar-refractivity contribution in [3.05, 3.63) is 0 Å². The lowest BCUT2D eigenvalue weighted by Crippen LogP contribution is -2.42. The molecule has 4 nitrogen and oxygen atoms in total. The van der Waals surface area contributed by atoms with Gasteiger partial charge in [0.25, 0.3) is 0 Å². The number of hydrogen-bond donors (Lipinski definition) is 1. The van der Waals surface area contributed by atoms with Crippen molar-refractivity contribution in [2.75, 3.05) is 26.3 Å². The summed E-state index contributed by atoms with van der Waals surface area (Å²) in [6.45, 7) is 2.91. The first kappa shape index (κ1) is 9.93. The van der Waals surface area contributed by atoms with Gasteiger partial charge in [0.1, 0.15) is 0 Å². The fraction of sp³-hybridized carbons (Fsp3) is 0.900. The van der Waals surface area contributed by atoms with E-state index >= 15 is 0 Å². The highest BCUT2D eigenvalue weighted by molar-refractivity contribution is 5.76. The molecule has 0 aliphatic carbocycles. The summed E-state index contributed by atoms with van der Waals surface area (Å²) in [5.74, 6) is 0.666. The van der Waals surface area contributed by atoms with Gasteiger partial charge in [-0.2, -0.15) is 0 Å². The van der Waals surface area contributed by atoms with Gasteiger partial charge >= 0.3 is 0 Å². The van der Waals surface area contributed by atoms with Crippen LogP contribution in [-0.2, 0) is 9.53 Å². The summed E-state index contributed by atoms with van der Waals surface area (Å²) in [6, 6.07) is 0. The summed E-state index contributed by atoms with van der Waals surface area (Å²) < 4.78 is 5.03. The van der Waals surface area contributed by atoms with E-state index in [0.717, 1.165) is 26.1 Å². The topological polar surface area (TPSA) is 49.8 Å². The number of ether oxygens (including phenoxy) is 1. The van der Waals surface area contributed by atoms with Gasteiger partial charge in [-0.15, -0.1) is 0 Å². The van der Waals surface area contributed by atoms with Gasteiger partial charge < -0.3 is 14.7 Å². The van der Waals surface area contributed by atoms with Crippen molar-refractivity contribution in [2.45, 2.75) is 25.4 Å². The van der Waals surface area contributed by atoms with E-state index in [0.29, 0.717) is 25.4 Å². The van der Waals surface area contributed by atoms with Gasteiger partial charge in [-0.25, -0.2) is 0 Å². The average Bonchev–Trinajstić information content (AvgIpc) is 2.12. The van der Waals surface area contributed by atoms with Crippen LogP contribution in [0, 0.1) is 5.92 Å². The monoisotopic (exact) mass is 199 g/mol. The Bertz CT molecular complexity index is 207.